The Morgan fingerprint density at radius 3 is 2.80 bits per heavy atom. The zero-order chi connectivity index (χ0) is 11.0. The summed E-state index contributed by atoms with van der Waals surface area (Å²) >= 11 is 1.66. The molecule has 0 spiro atoms. The molecular weight excluding hydrogens is 208 g/mol. The number of hydrogen-bond donors (Lipinski definition) is 2. The summed E-state index contributed by atoms with van der Waals surface area (Å²) in [6, 6.07) is 5.73. The van der Waals surface area contributed by atoms with Crippen LogP contribution in [-0.4, -0.2) is 12.9 Å². The van der Waals surface area contributed by atoms with Gasteiger partial charge < -0.3 is 10.5 Å². The molecule has 0 radical (unpaired) electrons. The van der Waals surface area contributed by atoms with Gasteiger partial charge in [0.15, 0.2) is 0 Å². The molecule has 0 aliphatic carbocycles. The zero-order valence-corrected chi connectivity index (χ0v) is 9.44. The van der Waals surface area contributed by atoms with Crippen LogP contribution in [0, 0.1) is 12.3 Å². The minimum absolute atomic E-state index is 0.0990. The van der Waals surface area contributed by atoms with Crippen molar-refractivity contribution in [3.8, 4) is 5.75 Å². The maximum Gasteiger partial charge on any atom is 0.140 e. The van der Waals surface area contributed by atoms with Gasteiger partial charge >= 0.3 is 0 Å². The lowest BCUT2D eigenvalue weighted by molar-refractivity contribution is 0.418. The summed E-state index contributed by atoms with van der Waals surface area (Å²) in [6.07, 6.45) is 0. The van der Waals surface area contributed by atoms with Crippen LogP contribution in [-0.2, 0) is 0 Å². The average molecular weight is 220 g/mol. The Morgan fingerprint density at radius 2 is 2.20 bits per heavy atom. The van der Waals surface area contributed by atoms with Crippen LogP contribution in [0.15, 0.2) is 18.2 Å². The highest BCUT2D eigenvalue weighted by Gasteiger charge is 2.10. The highest BCUT2D eigenvalue weighted by Crippen LogP contribution is 2.37. The second kappa shape index (κ2) is 3.55. The Morgan fingerprint density at radius 1 is 1.47 bits per heavy atom. The summed E-state index contributed by atoms with van der Waals surface area (Å²) < 4.78 is 6.43. The topological polar surface area (TPSA) is 59.1 Å². The van der Waals surface area contributed by atoms with E-state index in [9.17, 15) is 0 Å². The summed E-state index contributed by atoms with van der Waals surface area (Å²) in [6.45, 7) is 2.02. The fourth-order valence-electron chi connectivity index (χ4n) is 1.62. The Hall–Kier alpha value is -1.55. The van der Waals surface area contributed by atoms with Gasteiger partial charge in [-0.05, 0) is 19.1 Å². The van der Waals surface area contributed by atoms with Crippen LogP contribution in [0.1, 0.15) is 10.4 Å². The highest BCUT2D eigenvalue weighted by atomic mass is 32.1. The van der Waals surface area contributed by atoms with Crippen LogP contribution in [0.5, 0.6) is 5.75 Å². The van der Waals surface area contributed by atoms with E-state index in [1.807, 2.05) is 25.1 Å². The first-order chi connectivity index (χ1) is 7.13. The average Bonchev–Trinajstić information content (AvgIpc) is 2.51. The lowest BCUT2D eigenvalue weighted by Crippen LogP contribution is -2.10. The van der Waals surface area contributed by atoms with Gasteiger partial charge in [-0.15, -0.1) is 11.3 Å². The van der Waals surface area contributed by atoms with Crippen LogP contribution in [0.2, 0.25) is 0 Å². The van der Waals surface area contributed by atoms with E-state index in [2.05, 4.69) is 0 Å². The highest BCUT2D eigenvalue weighted by molar-refractivity contribution is 7.19. The van der Waals surface area contributed by atoms with Gasteiger partial charge in [0.2, 0.25) is 0 Å². The van der Waals surface area contributed by atoms with Gasteiger partial charge in [-0.3, -0.25) is 5.41 Å². The molecule has 0 amide bonds. The van der Waals surface area contributed by atoms with E-state index in [4.69, 9.17) is 15.9 Å². The normalized spacial score (nSPS) is 10.5. The number of nitrogen functional groups attached to an aromatic ring is 1. The van der Waals surface area contributed by atoms with Crippen LogP contribution >= 0.6 is 11.3 Å². The predicted molar refractivity (Wildman–Crippen MR) is 64.1 cm³/mol. The molecule has 0 atom stereocenters. The quantitative estimate of drug-likeness (QED) is 0.603. The van der Waals surface area contributed by atoms with E-state index in [1.54, 1.807) is 18.4 Å². The molecule has 15 heavy (non-hydrogen) atoms. The van der Waals surface area contributed by atoms with Crippen molar-refractivity contribution in [2.24, 2.45) is 5.73 Å². The molecule has 4 heteroatoms. The van der Waals surface area contributed by atoms with Crippen molar-refractivity contribution in [1.29, 1.82) is 5.41 Å². The predicted octanol–water partition coefficient (Wildman–Crippen LogP) is 2.50. The van der Waals surface area contributed by atoms with Crippen molar-refractivity contribution in [1.82, 2.24) is 0 Å². The first-order valence-electron chi connectivity index (χ1n) is 4.55. The fraction of sp³-hybridized carbons (Fsp3) is 0.182. The van der Waals surface area contributed by atoms with Crippen LogP contribution in [0.3, 0.4) is 0 Å². The monoisotopic (exact) mass is 220 g/mol. The van der Waals surface area contributed by atoms with E-state index in [0.717, 1.165) is 26.3 Å². The lowest BCUT2D eigenvalue weighted by Gasteiger charge is -2.00. The number of fused-ring (bicyclic) bond motifs is 1. The molecule has 0 unspecified atom stereocenters. The Bertz CT molecular complexity index is 531. The Kier molecular flexibility index (Phi) is 2.36. The van der Waals surface area contributed by atoms with Gasteiger partial charge in [-0.1, -0.05) is 6.07 Å². The largest absolute Gasteiger partial charge is 0.495 e. The van der Waals surface area contributed by atoms with Crippen molar-refractivity contribution in [2.75, 3.05) is 7.11 Å². The molecule has 1 aromatic heterocycles. The molecule has 0 fully saturated rings. The minimum atomic E-state index is 0.0990. The van der Waals surface area contributed by atoms with Gasteiger partial charge in [0.1, 0.15) is 11.6 Å². The third kappa shape index (κ3) is 1.57. The number of nitrogens with two attached hydrogens (primary N) is 1. The second-order valence-electron chi connectivity index (χ2n) is 3.32. The standard InChI is InChI=1S/C11H12N2OS/c1-6-10(14-2)8-4-3-7(11(12)13)5-9(8)15-6/h3-5H,1-2H3,(H3,12,13). The molecule has 0 bridgehead atoms. The number of nitrogens with one attached hydrogen (secondary N) is 1. The van der Waals surface area contributed by atoms with Crippen LogP contribution in [0.25, 0.3) is 10.1 Å². The number of methoxy groups -OCH3 is 1. The van der Waals surface area contributed by atoms with E-state index in [0.29, 0.717) is 0 Å². The summed E-state index contributed by atoms with van der Waals surface area (Å²) in [7, 11) is 1.67. The molecule has 2 aromatic rings. The smallest absolute Gasteiger partial charge is 0.140 e. The number of hydrogen-bond acceptors (Lipinski definition) is 3. The first kappa shape index (κ1) is 9.98. The van der Waals surface area contributed by atoms with E-state index >= 15 is 0 Å². The van der Waals surface area contributed by atoms with E-state index in [-0.39, 0.29) is 5.84 Å². The van der Waals surface area contributed by atoms with E-state index in [1.165, 1.54) is 0 Å². The summed E-state index contributed by atoms with van der Waals surface area (Å²) in [5.74, 6) is 1.02. The SMILES string of the molecule is COc1c(C)sc2cc(C(=N)N)ccc12. The van der Waals surface area contributed by atoms with Crippen molar-refractivity contribution in [2.45, 2.75) is 6.92 Å². The molecule has 3 nitrogen and oxygen atoms in total. The van der Waals surface area contributed by atoms with Crippen molar-refractivity contribution in [3.63, 3.8) is 0 Å². The van der Waals surface area contributed by atoms with Crippen LogP contribution in [0.4, 0.5) is 0 Å². The summed E-state index contributed by atoms with van der Waals surface area (Å²) in [5.41, 5.74) is 6.19. The zero-order valence-electron chi connectivity index (χ0n) is 8.63. The summed E-state index contributed by atoms with van der Waals surface area (Å²) in [4.78, 5) is 1.15. The number of aryl methyl sites for hydroxylation is 1. The number of rotatable bonds is 2. The van der Waals surface area contributed by atoms with Crippen molar-refractivity contribution in [3.05, 3.63) is 28.6 Å². The third-order valence-corrected chi connectivity index (χ3v) is 3.37. The van der Waals surface area contributed by atoms with Gasteiger partial charge in [-0.2, -0.15) is 0 Å². The van der Waals surface area contributed by atoms with Gasteiger partial charge in [-0.25, -0.2) is 0 Å². The van der Waals surface area contributed by atoms with Crippen LogP contribution < -0.4 is 10.5 Å². The maximum absolute atomic E-state index is 7.37. The first-order valence-corrected chi connectivity index (χ1v) is 5.36. The van der Waals surface area contributed by atoms with Gasteiger partial charge in [0.25, 0.3) is 0 Å². The number of amidine groups is 1. The number of benzene rings is 1. The molecule has 0 saturated heterocycles. The molecule has 0 aliphatic rings. The number of ether oxygens (including phenoxy) is 1. The Labute approximate surface area is 92.0 Å². The molecule has 3 N–H and O–H groups in total. The lowest BCUT2D eigenvalue weighted by atomic mass is 10.1. The van der Waals surface area contributed by atoms with Crippen molar-refractivity contribution < 1.29 is 4.74 Å². The Balaban J connectivity index is 2.69. The molecule has 1 heterocycles. The summed E-state index contributed by atoms with van der Waals surface area (Å²) in [5, 5.41) is 8.46. The fourth-order valence-corrected chi connectivity index (χ4v) is 2.69. The molecule has 1 aromatic carbocycles. The number of thiophene rings is 1. The molecule has 0 saturated carbocycles. The maximum atomic E-state index is 7.37. The minimum Gasteiger partial charge on any atom is -0.495 e. The van der Waals surface area contributed by atoms with Crippen molar-refractivity contribution >= 4 is 27.3 Å². The third-order valence-electron chi connectivity index (χ3n) is 2.32. The van der Waals surface area contributed by atoms with Gasteiger partial charge in [0, 0.05) is 20.5 Å². The molecule has 78 valence electrons. The van der Waals surface area contributed by atoms with E-state index < -0.39 is 0 Å². The molecular formula is C11H12N2OS. The van der Waals surface area contributed by atoms with Gasteiger partial charge in [0.05, 0.1) is 7.11 Å². The second-order valence-corrected chi connectivity index (χ2v) is 4.57. The molecule has 0 aliphatic heterocycles. The molecule has 2 rings (SSSR count).